The van der Waals surface area contributed by atoms with Crippen LogP contribution in [0.3, 0.4) is 0 Å². The monoisotopic (exact) mass is 733 g/mol. The average molecular weight is 734 g/mol. The highest BCUT2D eigenvalue weighted by Gasteiger charge is 2.25. The van der Waals surface area contributed by atoms with Gasteiger partial charge in [0.05, 0.1) is 33.4 Å². The van der Waals surface area contributed by atoms with Crippen molar-refractivity contribution in [3.8, 4) is 57.2 Å². The van der Waals surface area contributed by atoms with Gasteiger partial charge in [-0.1, -0.05) is 127 Å². The van der Waals surface area contributed by atoms with E-state index in [1.54, 1.807) is 24.8 Å². The van der Waals surface area contributed by atoms with E-state index >= 15 is 0 Å². The molecule has 268 valence electrons. The maximum atomic E-state index is 5.24. The van der Waals surface area contributed by atoms with Crippen molar-refractivity contribution in [2.24, 2.45) is 0 Å². The molecule has 0 saturated carbocycles. The zero-order chi connectivity index (χ0) is 37.7. The van der Waals surface area contributed by atoms with Gasteiger partial charge in [0.2, 0.25) is 5.95 Å². The summed E-state index contributed by atoms with van der Waals surface area (Å²) in [7, 11) is 0. The fourth-order valence-corrected chi connectivity index (χ4v) is 7.78. The number of allylic oxidation sites excluding steroid dienone is 2. The standard InChI is InChI=1S/C48H31N9/c1-5-15-31(16-6-1)44-49-27-33(28-50-44)46-53-47(34-29-51-45(52-30-34)32-17-7-2-8-18-32)55-48(54-46)57-41-23-12-4-11-21-37(41)39-26-25-38-36-22-13-14-24-40(36)56(42(38)43(39)57)35-19-9-3-10-20-35/h1-3,5-30H,4H2. The molecule has 0 atom stereocenters. The lowest BCUT2D eigenvalue weighted by atomic mass is 10.1. The number of para-hydroxylation sites is 2. The maximum absolute atomic E-state index is 5.24. The molecule has 1 aliphatic rings. The molecule has 9 nitrogen and oxygen atoms in total. The third-order valence-corrected chi connectivity index (χ3v) is 10.4. The summed E-state index contributed by atoms with van der Waals surface area (Å²) in [6.45, 7) is 0. The number of hydrogen-bond donors (Lipinski definition) is 0. The Labute approximate surface area is 327 Å². The Bertz CT molecular complexity index is 3070. The number of aromatic nitrogens is 9. The summed E-state index contributed by atoms with van der Waals surface area (Å²) in [5, 5.41) is 3.39. The second-order valence-electron chi connectivity index (χ2n) is 13.8. The molecule has 0 unspecified atom stereocenters. The number of fused-ring (bicyclic) bond motifs is 7. The molecule has 5 heterocycles. The maximum Gasteiger partial charge on any atom is 0.238 e. The molecule has 57 heavy (non-hydrogen) atoms. The first-order chi connectivity index (χ1) is 28.3. The van der Waals surface area contributed by atoms with Gasteiger partial charge in [0.1, 0.15) is 0 Å². The average Bonchev–Trinajstić information content (AvgIpc) is 3.68. The number of rotatable bonds is 6. The predicted octanol–water partition coefficient (Wildman–Crippen LogP) is 10.6. The minimum atomic E-state index is 0.432. The summed E-state index contributed by atoms with van der Waals surface area (Å²) >= 11 is 0. The Kier molecular flexibility index (Phi) is 7.66. The molecule has 0 radical (unpaired) electrons. The molecule has 0 saturated heterocycles. The molecular weight excluding hydrogens is 703 g/mol. The quantitative estimate of drug-likeness (QED) is 0.168. The number of hydrogen-bond acceptors (Lipinski definition) is 7. The van der Waals surface area contributed by atoms with Crippen molar-refractivity contribution in [3.63, 3.8) is 0 Å². The molecular formula is C48H31N9. The summed E-state index contributed by atoms with van der Waals surface area (Å²) in [5.41, 5.74) is 9.47. The predicted molar refractivity (Wildman–Crippen MR) is 227 cm³/mol. The van der Waals surface area contributed by atoms with Crippen LogP contribution in [0.2, 0.25) is 0 Å². The number of nitrogens with zero attached hydrogens (tertiary/aromatic N) is 9. The van der Waals surface area contributed by atoms with E-state index in [4.69, 9.17) is 34.9 Å². The van der Waals surface area contributed by atoms with Crippen molar-refractivity contribution in [2.45, 2.75) is 6.42 Å². The Hall–Kier alpha value is -7.91. The Morgan fingerprint density at radius 2 is 0.930 bits per heavy atom. The molecule has 5 aromatic heterocycles. The third-order valence-electron chi connectivity index (χ3n) is 10.4. The molecule has 0 bridgehead atoms. The van der Waals surface area contributed by atoms with Crippen LogP contribution in [0, 0.1) is 0 Å². The van der Waals surface area contributed by atoms with Crippen LogP contribution < -0.4 is 0 Å². The van der Waals surface area contributed by atoms with Gasteiger partial charge >= 0.3 is 0 Å². The molecule has 1 aliphatic carbocycles. The van der Waals surface area contributed by atoms with Crippen LogP contribution >= 0.6 is 0 Å². The second kappa shape index (κ2) is 13.4. The topological polar surface area (TPSA) is 100 Å². The lowest BCUT2D eigenvalue weighted by Gasteiger charge is -2.14. The van der Waals surface area contributed by atoms with Crippen LogP contribution in [0.4, 0.5) is 0 Å². The summed E-state index contributed by atoms with van der Waals surface area (Å²) in [6, 6.07) is 43.4. The van der Waals surface area contributed by atoms with Gasteiger partial charge in [-0.25, -0.2) is 24.9 Å². The van der Waals surface area contributed by atoms with Gasteiger partial charge in [0, 0.05) is 63.3 Å². The molecule has 11 rings (SSSR count). The summed E-state index contributed by atoms with van der Waals surface area (Å²) in [4.78, 5) is 34.5. The molecule has 10 aromatic rings. The van der Waals surface area contributed by atoms with E-state index in [0.29, 0.717) is 40.4 Å². The van der Waals surface area contributed by atoms with E-state index < -0.39 is 0 Å². The Morgan fingerprint density at radius 3 is 1.56 bits per heavy atom. The zero-order valence-electron chi connectivity index (χ0n) is 30.5. The first-order valence-electron chi connectivity index (χ1n) is 18.8. The van der Waals surface area contributed by atoms with Gasteiger partial charge < -0.3 is 4.57 Å². The fraction of sp³-hybridized carbons (Fsp3) is 0.0208. The fourth-order valence-electron chi connectivity index (χ4n) is 7.78. The van der Waals surface area contributed by atoms with Gasteiger partial charge in [-0.3, -0.25) is 4.57 Å². The molecule has 0 amide bonds. The highest BCUT2D eigenvalue weighted by atomic mass is 15.2. The first-order valence-corrected chi connectivity index (χ1v) is 18.8. The van der Waals surface area contributed by atoms with Crippen molar-refractivity contribution < 1.29 is 0 Å². The van der Waals surface area contributed by atoms with Crippen molar-refractivity contribution in [1.29, 1.82) is 0 Å². The number of benzene rings is 5. The molecule has 0 fully saturated rings. The van der Waals surface area contributed by atoms with Crippen LogP contribution in [-0.4, -0.2) is 44.0 Å². The van der Waals surface area contributed by atoms with Crippen molar-refractivity contribution >= 4 is 44.9 Å². The Balaban J connectivity index is 1.20. The minimum absolute atomic E-state index is 0.432. The molecule has 0 N–H and O–H groups in total. The van der Waals surface area contributed by atoms with E-state index in [1.807, 2.05) is 66.7 Å². The van der Waals surface area contributed by atoms with Gasteiger partial charge in [-0.2, -0.15) is 9.97 Å². The smallest absolute Gasteiger partial charge is 0.238 e. The van der Waals surface area contributed by atoms with Crippen LogP contribution in [0.5, 0.6) is 0 Å². The van der Waals surface area contributed by atoms with Crippen LogP contribution in [0.1, 0.15) is 17.7 Å². The van der Waals surface area contributed by atoms with E-state index in [9.17, 15) is 0 Å². The Morgan fingerprint density at radius 1 is 0.404 bits per heavy atom. The highest BCUT2D eigenvalue weighted by Crippen LogP contribution is 2.42. The molecule has 0 aliphatic heterocycles. The van der Waals surface area contributed by atoms with Gasteiger partial charge in [0.25, 0.3) is 0 Å². The molecule has 0 spiro atoms. The largest absolute Gasteiger partial charge is 0.307 e. The summed E-state index contributed by atoms with van der Waals surface area (Å²) < 4.78 is 4.54. The normalized spacial score (nSPS) is 12.4. The van der Waals surface area contributed by atoms with Crippen LogP contribution in [-0.2, 0) is 0 Å². The van der Waals surface area contributed by atoms with E-state index in [1.165, 1.54) is 0 Å². The lowest BCUT2D eigenvalue weighted by Crippen LogP contribution is -2.09. The van der Waals surface area contributed by atoms with E-state index in [2.05, 4.69) is 94.1 Å². The zero-order valence-corrected chi connectivity index (χ0v) is 30.5. The first kappa shape index (κ1) is 32.5. The molecule has 9 heteroatoms. The summed E-state index contributed by atoms with van der Waals surface area (Å²) in [6.07, 6.45) is 16.7. The van der Waals surface area contributed by atoms with Crippen molar-refractivity contribution in [2.75, 3.05) is 0 Å². The van der Waals surface area contributed by atoms with Gasteiger partial charge in [-0.15, -0.1) is 0 Å². The SMILES string of the molecule is C1=Cc2c(n(-c3nc(-c4cnc(-c5ccccc5)nc4)nc(-c4cnc(-c5ccccc5)nc4)n3)c3c2ccc2c4ccccc4n(-c4ccccc4)c23)C=CC1. The molecule has 5 aromatic carbocycles. The third kappa shape index (κ3) is 5.52. The summed E-state index contributed by atoms with van der Waals surface area (Å²) in [5.74, 6) is 2.56. The lowest BCUT2D eigenvalue weighted by molar-refractivity contribution is 0.922. The van der Waals surface area contributed by atoms with Crippen LogP contribution in [0.15, 0.2) is 164 Å². The highest BCUT2D eigenvalue weighted by molar-refractivity contribution is 6.20. The van der Waals surface area contributed by atoms with Gasteiger partial charge in [-0.05, 0) is 30.7 Å². The van der Waals surface area contributed by atoms with Gasteiger partial charge in [0.15, 0.2) is 23.3 Å². The van der Waals surface area contributed by atoms with Crippen molar-refractivity contribution in [1.82, 2.24) is 44.0 Å². The van der Waals surface area contributed by atoms with E-state index in [0.717, 1.165) is 67.2 Å². The minimum Gasteiger partial charge on any atom is -0.307 e. The van der Waals surface area contributed by atoms with E-state index in [-0.39, 0.29) is 0 Å². The van der Waals surface area contributed by atoms with Crippen LogP contribution in [0.25, 0.3) is 102 Å². The second-order valence-corrected chi connectivity index (χ2v) is 13.8. The van der Waals surface area contributed by atoms with Crippen molar-refractivity contribution in [3.05, 3.63) is 176 Å².